The second-order valence-electron chi connectivity index (χ2n) is 5.30. The molecule has 0 radical (unpaired) electrons. The Bertz CT molecular complexity index is 340. The van der Waals surface area contributed by atoms with Crippen LogP contribution in [-0.2, 0) is 9.84 Å². The molecular formula is C12H24N2O2S. The number of likely N-dealkylation sites (tertiary alicyclic amines) is 1. The number of nitrogens with one attached hydrogen (secondary N) is 1. The lowest BCUT2D eigenvalue weighted by atomic mass is 10.0. The summed E-state index contributed by atoms with van der Waals surface area (Å²) in [7, 11) is -2.77. The number of hydrogen-bond donors (Lipinski definition) is 1. The van der Waals surface area contributed by atoms with Crippen LogP contribution >= 0.6 is 0 Å². The zero-order valence-electron chi connectivity index (χ0n) is 10.7. The quantitative estimate of drug-likeness (QED) is 0.809. The van der Waals surface area contributed by atoms with E-state index < -0.39 is 9.84 Å². The van der Waals surface area contributed by atoms with Crippen molar-refractivity contribution in [2.75, 3.05) is 31.1 Å². The predicted molar refractivity (Wildman–Crippen MR) is 69.9 cm³/mol. The normalized spacial score (nSPS) is 34.6. The Morgan fingerprint density at radius 3 is 2.82 bits per heavy atom. The van der Waals surface area contributed by atoms with Gasteiger partial charge in [0.05, 0.1) is 11.5 Å². The molecule has 5 heteroatoms. The van der Waals surface area contributed by atoms with Crippen molar-refractivity contribution in [3.05, 3.63) is 0 Å². The van der Waals surface area contributed by atoms with E-state index in [-0.39, 0.29) is 6.04 Å². The molecule has 2 aliphatic heterocycles. The van der Waals surface area contributed by atoms with Crippen LogP contribution in [0, 0.1) is 0 Å². The molecule has 0 bridgehead atoms. The first-order chi connectivity index (χ1) is 8.11. The Hall–Kier alpha value is -0.130. The van der Waals surface area contributed by atoms with Gasteiger partial charge in [0.2, 0.25) is 0 Å². The molecule has 0 aromatic heterocycles. The van der Waals surface area contributed by atoms with Crippen molar-refractivity contribution >= 4 is 9.84 Å². The summed E-state index contributed by atoms with van der Waals surface area (Å²) in [6, 6.07) is 0.827. The largest absolute Gasteiger partial charge is 0.313 e. The third-order valence-electron chi connectivity index (χ3n) is 3.90. The van der Waals surface area contributed by atoms with E-state index in [1.165, 1.54) is 12.8 Å². The lowest BCUT2D eigenvalue weighted by molar-refractivity contribution is 0.139. The molecule has 2 heterocycles. The molecule has 100 valence electrons. The summed E-state index contributed by atoms with van der Waals surface area (Å²) in [5, 5.41) is 3.48. The third kappa shape index (κ3) is 3.66. The average molecular weight is 260 g/mol. The SMILES string of the molecule is CCNC1CCCN(C2CCCS(=O)(=O)C2)C1. The summed E-state index contributed by atoms with van der Waals surface area (Å²) in [6.07, 6.45) is 4.31. The summed E-state index contributed by atoms with van der Waals surface area (Å²) in [4.78, 5) is 2.40. The molecular weight excluding hydrogens is 236 g/mol. The molecule has 0 aromatic carbocycles. The van der Waals surface area contributed by atoms with Crippen LogP contribution in [0.5, 0.6) is 0 Å². The molecule has 2 rings (SSSR count). The summed E-state index contributed by atoms with van der Waals surface area (Å²) < 4.78 is 23.3. The minimum Gasteiger partial charge on any atom is -0.313 e. The summed E-state index contributed by atoms with van der Waals surface area (Å²) >= 11 is 0. The highest BCUT2D eigenvalue weighted by Gasteiger charge is 2.31. The van der Waals surface area contributed by atoms with Crippen LogP contribution in [0.1, 0.15) is 32.6 Å². The average Bonchev–Trinajstić information content (AvgIpc) is 2.28. The van der Waals surface area contributed by atoms with Gasteiger partial charge in [-0.2, -0.15) is 0 Å². The first kappa shape index (κ1) is 13.3. The van der Waals surface area contributed by atoms with Crippen molar-refractivity contribution in [1.29, 1.82) is 0 Å². The second-order valence-corrected chi connectivity index (χ2v) is 7.53. The molecule has 0 saturated carbocycles. The maximum absolute atomic E-state index is 11.7. The van der Waals surface area contributed by atoms with Crippen LogP contribution in [0.3, 0.4) is 0 Å². The van der Waals surface area contributed by atoms with Crippen LogP contribution in [0.2, 0.25) is 0 Å². The molecule has 2 saturated heterocycles. The van der Waals surface area contributed by atoms with Gasteiger partial charge in [-0.15, -0.1) is 0 Å². The van der Waals surface area contributed by atoms with Gasteiger partial charge in [0.15, 0.2) is 9.84 Å². The molecule has 2 aliphatic rings. The highest BCUT2D eigenvalue weighted by atomic mass is 32.2. The fraction of sp³-hybridized carbons (Fsp3) is 1.00. The van der Waals surface area contributed by atoms with E-state index in [0.717, 1.165) is 32.5 Å². The van der Waals surface area contributed by atoms with E-state index in [0.29, 0.717) is 17.5 Å². The molecule has 0 aliphatic carbocycles. The molecule has 1 N–H and O–H groups in total. The van der Waals surface area contributed by atoms with Crippen molar-refractivity contribution in [2.45, 2.75) is 44.7 Å². The monoisotopic (exact) mass is 260 g/mol. The first-order valence-electron chi connectivity index (χ1n) is 6.78. The number of likely N-dealkylation sites (N-methyl/N-ethyl adjacent to an activating group) is 1. The van der Waals surface area contributed by atoms with Crippen LogP contribution < -0.4 is 5.32 Å². The van der Waals surface area contributed by atoms with Gasteiger partial charge in [-0.05, 0) is 38.8 Å². The van der Waals surface area contributed by atoms with Crippen LogP contribution in [0.15, 0.2) is 0 Å². The highest BCUT2D eigenvalue weighted by molar-refractivity contribution is 7.91. The number of sulfone groups is 1. The number of hydrogen-bond acceptors (Lipinski definition) is 4. The second kappa shape index (κ2) is 5.67. The van der Waals surface area contributed by atoms with Gasteiger partial charge in [-0.25, -0.2) is 8.42 Å². The van der Waals surface area contributed by atoms with Crippen LogP contribution in [0.25, 0.3) is 0 Å². The fourth-order valence-corrected chi connectivity index (χ4v) is 4.82. The molecule has 4 nitrogen and oxygen atoms in total. The first-order valence-corrected chi connectivity index (χ1v) is 8.61. The van der Waals surface area contributed by atoms with Gasteiger partial charge in [0.25, 0.3) is 0 Å². The van der Waals surface area contributed by atoms with Gasteiger partial charge in [-0.1, -0.05) is 6.92 Å². The van der Waals surface area contributed by atoms with Crippen LogP contribution in [-0.4, -0.2) is 56.5 Å². The molecule has 0 spiro atoms. The van der Waals surface area contributed by atoms with Gasteiger partial charge in [0.1, 0.15) is 0 Å². The van der Waals surface area contributed by atoms with Gasteiger partial charge in [0, 0.05) is 18.6 Å². The zero-order chi connectivity index (χ0) is 12.3. The van der Waals surface area contributed by atoms with E-state index in [1.807, 2.05) is 0 Å². The van der Waals surface area contributed by atoms with Crippen molar-refractivity contribution in [1.82, 2.24) is 10.2 Å². The van der Waals surface area contributed by atoms with E-state index in [1.54, 1.807) is 0 Å². The number of piperidine rings is 1. The van der Waals surface area contributed by atoms with E-state index in [4.69, 9.17) is 0 Å². The maximum atomic E-state index is 11.7. The fourth-order valence-electron chi connectivity index (χ4n) is 3.08. The van der Waals surface area contributed by atoms with E-state index in [9.17, 15) is 8.42 Å². The summed E-state index contributed by atoms with van der Waals surface area (Å²) in [5.41, 5.74) is 0. The Morgan fingerprint density at radius 2 is 2.12 bits per heavy atom. The van der Waals surface area contributed by atoms with E-state index in [2.05, 4.69) is 17.1 Å². The van der Waals surface area contributed by atoms with Gasteiger partial charge >= 0.3 is 0 Å². The Labute approximate surface area is 105 Å². The molecule has 2 atom stereocenters. The van der Waals surface area contributed by atoms with Crippen molar-refractivity contribution in [3.63, 3.8) is 0 Å². The van der Waals surface area contributed by atoms with Gasteiger partial charge in [-0.3, -0.25) is 4.90 Å². The van der Waals surface area contributed by atoms with E-state index >= 15 is 0 Å². The summed E-state index contributed by atoms with van der Waals surface area (Å²) in [6.45, 7) is 5.22. The molecule has 0 aromatic rings. The molecule has 2 unspecified atom stereocenters. The summed E-state index contributed by atoms with van der Waals surface area (Å²) in [5.74, 6) is 0.778. The van der Waals surface area contributed by atoms with Crippen molar-refractivity contribution in [3.8, 4) is 0 Å². The molecule has 17 heavy (non-hydrogen) atoms. The van der Waals surface area contributed by atoms with Crippen molar-refractivity contribution in [2.24, 2.45) is 0 Å². The Kier molecular flexibility index (Phi) is 4.44. The van der Waals surface area contributed by atoms with Crippen LogP contribution in [0.4, 0.5) is 0 Å². The smallest absolute Gasteiger partial charge is 0.151 e. The topological polar surface area (TPSA) is 49.4 Å². The minimum atomic E-state index is -2.77. The zero-order valence-corrected chi connectivity index (χ0v) is 11.5. The molecule has 2 fully saturated rings. The third-order valence-corrected chi connectivity index (χ3v) is 5.70. The standard InChI is InChI=1S/C12H24N2O2S/c1-2-13-11-5-3-7-14(9-11)12-6-4-8-17(15,16)10-12/h11-13H,2-10H2,1H3. The Morgan fingerprint density at radius 1 is 1.29 bits per heavy atom. The minimum absolute atomic E-state index is 0.273. The highest BCUT2D eigenvalue weighted by Crippen LogP contribution is 2.21. The lowest BCUT2D eigenvalue weighted by Gasteiger charge is -2.39. The maximum Gasteiger partial charge on any atom is 0.151 e. The molecule has 0 amide bonds. The Balaban J connectivity index is 1.92. The number of rotatable bonds is 3. The lowest BCUT2D eigenvalue weighted by Crippen LogP contribution is -2.52. The van der Waals surface area contributed by atoms with Crippen molar-refractivity contribution < 1.29 is 8.42 Å². The predicted octanol–water partition coefficient (Wildman–Crippen LogP) is 0.638. The van der Waals surface area contributed by atoms with Gasteiger partial charge < -0.3 is 5.32 Å². The number of nitrogens with zero attached hydrogens (tertiary/aromatic N) is 1.